The number of esters is 1. The molecule has 2 nitrogen and oxygen atoms in total. The Morgan fingerprint density at radius 1 is 0.941 bits per heavy atom. The number of carbonyl (C=O) groups is 1. The first-order valence-electron chi connectivity index (χ1n) is 4.84. The van der Waals surface area contributed by atoms with Crippen molar-refractivity contribution in [2.45, 2.75) is 37.2 Å². The lowest BCUT2D eigenvalue weighted by molar-refractivity contribution is -0.144. The smallest absolute Gasteiger partial charge is 0.333 e. The van der Waals surface area contributed by atoms with Crippen LogP contribution < -0.4 is 0 Å². The summed E-state index contributed by atoms with van der Waals surface area (Å²) in [6.45, 7) is 5.23. The van der Waals surface area contributed by atoms with Gasteiger partial charge in [0.15, 0.2) is 0 Å². The largest absolute Gasteiger partial charge is 0.457 e. The fourth-order valence-electron chi connectivity index (χ4n) is 1.42. The molecule has 0 saturated heterocycles. The van der Waals surface area contributed by atoms with Gasteiger partial charge in [0.25, 0.3) is 0 Å². The fourth-order valence-corrected chi connectivity index (χ4v) is 6.51. The highest BCUT2D eigenvalue weighted by atomic mass is 79.9. The Bertz CT molecular complexity index is 306. The van der Waals surface area contributed by atoms with Crippen LogP contribution in [0.15, 0.2) is 12.2 Å². The van der Waals surface area contributed by atoms with Crippen molar-refractivity contribution in [2.24, 2.45) is 0 Å². The lowest BCUT2D eigenvalue weighted by atomic mass is 9.97. The minimum absolute atomic E-state index is 0.0216. The van der Waals surface area contributed by atoms with Gasteiger partial charge in [-0.2, -0.15) is 0 Å². The van der Waals surface area contributed by atoms with Gasteiger partial charge in [-0.25, -0.2) is 4.79 Å². The van der Waals surface area contributed by atoms with Gasteiger partial charge in [0, 0.05) is 20.1 Å². The van der Waals surface area contributed by atoms with Gasteiger partial charge in [-0.05, 0) is 6.92 Å². The molecule has 0 heterocycles. The van der Waals surface area contributed by atoms with Crippen LogP contribution >= 0.6 is 79.6 Å². The summed E-state index contributed by atoms with van der Waals surface area (Å²) in [5.41, 5.74) is 0.405. The van der Waals surface area contributed by atoms with Gasteiger partial charge in [-0.1, -0.05) is 86.2 Å². The summed E-state index contributed by atoms with van der Waals surface area (Å²) in [6, 6.07) is 0. The average molecular weight is 563 g/mol. The highest BCUT2D eigenvalue weighted by Gasteiger charge is 2.48. The Balaban J connectivity index is 2.83. The Morgan fingerprint density at radius 3 is 1.65 bits per heavy atom. The zero-order valence-corrected chi connectivity index (χ0v) is 16.8. The van der Waals surface area contributed by atoms with Crippen molar-refractivity contribution < 1.29 is 9.53 Å². The summed E-state index contributed by atoms with van der Waals surface area (Å²) in [5, 5.41) is 0. The minimum atomic E-state index is -0.365. The van der Waals surface area contributed by atoms with Crippen LogP contribution in [0, 0.1) is 0 Å². The topological polar surface area (TPSA) is 26.3 Å². The van der Waals surface area contributed by atoms with Crippen molar-refractivity contribution in [3.05, 3.63) is 12.2 Å². The third-order valence-electron chi connectivity index (χ3n) is 2.44. The molecule has 0 N–H and O–H groups in total. The molecule has 1 aliphatic carbocycles. The van der Waals surface area contributed by atoms with Gasteiger partial charge < -0.3 is 4.74 Å². The summed E-state index contributed by atoms with van der Waals surface area (Å²) in [4.78, 5) is 12.2. The van der Waals surface area contributed by atoms with E-state index in [0.717, 1.165) is 0 Å². The molecule has 0 bridgehead atoms. The molecule has 1 saturated carbocycles. The maximum atomic E-state index is 11.6. The van der Waals surface area contributed by atoms with Crippen molar-refractivity contribution in [3.8, 4) is 0 Å². The molecular formula is C10H11Br5O2. The molecule has 4 unspecified atom stereocenters. The standard InChI is InChI=1S/C10H11Br5O2/c1-3(2)10(16)17-9-7(14)5(12)4(11)6(13)8(9)15/h4-9H,1H2,2H3. The first kappa shape index (κ1) is 16.7. The lowest BCUT2D eigenvalue weighted by Crippen LogP contribution is -2.54. The van der Waals surface area contributed by atoms with E-state index in [-0.39, 0.29) is 36.2 Å². The summed E-state index contributed by atoms with van der Waals surface area (Å²) in [5.74, 6) is -0.365. The predicted molar refractivity (Wildman–Crippen MR) is 88.3 cm³/mol. The zero-order valence-electron chi connectivity index (χ0n) is 8.88. The van der Waals surface area contributed by atoms with E-state index in [2.05, 4.69) is 86.2 Å². The van der Waals surface area contributed by atoms with Crippen molar-refractivity contribution in [1.29, 1.82) is 0 Å². The Labute approximate surface area is 143 Å². The first-order valence-corrected chi connectivity index (χ1v) is 9.42. The second kappa shape index (κ2) is 6.86. The second-order valence-electron chi connectivity index (χ2n) is 3.87. The molecule has 0 aromatic rings. The first-order chi connectivity index (χ1) is 7.77. The molecule has 98 valence electrons. The van der Waals surface area contributed by atoms with Crippen molar-refractivity contribution in [1.82, 2.24) is 0 Å². The van der Waals surface area contributed by atoms with E-state index in [9.17, 15) is 4.79 Å². The molecule has 0 aliphatic heterocycles. The molecule has 1 rings (SSSR count). The van der Waals surface area contributed by atoms with E-state index in [1.54, 1.807) is 6.92 Å². The molecule has 0 spiro atoms. The summed E-state index contributed by atoms with van der Waals surface area (Å²) < 4.78 is 5.45. The molecule has 0 radical (unpaired) electrons. The van der Waals surface area contributed by atoms with Crippen LogP contribution in [-0.4, -0.2) is 36.2 Å². The van der Waals surface area contributed by atoms with E-state index < -0.39 is 0 Å². The Hall–Kier alpha value is 1.61. The van der Waals surface area contributed by atoms with Crippen LogP contribution in [0.25, 0.3) is 0 Å². The molecule has 1 aliphatic rings. The van der Waals surface area contributed by atoms with Crippen LogP contribution in [-0.2, 0) is 9.53 Å². The van der Waals surface area contributed by atoms with Crippen molar-refractivity contribution in [2.75, 3.05) is 0 Å². The van der Waals surface area contributed by atoms with Gasteiger partial charge in [0.05, 0.1) is 9.65 Å². The van der Waals surface area contributed by atoms with Crippen LogP contribution in [0.4, 0.5) is 0 Å². The number of hydrogen-bond donors (Lipinski definition) is 0. The third-order valence-corrected chi connectivity index (χ3v) is 10.9. The zero-order chi connectivity index (χ0) is 13.3. The minimum Gasteiger partial charge on any atom is -0.457 e. The second-order valence-corrected chi connectivity index (χ2v) is 9.16. The number of hydrogen-bond acceptors (Lipinski definition) is 2. The maximum absolute atomic E-state index is 11.6. The van der Waals surface area contributed by atoms with Gasteiger partial charge >= 0.3 is 5.97 Å². The summed E-state index contributed by atoms with van der Waals surface area (Å²) in [6.07, 6.45) is -0.262. The third kappa shape index (κ3) is 3.80. The van der Waals surface area contributed by atoms with Gasteiger partial charge in [0.2, 0.25) is 0 Å². The van der Waals surface area contributed by atoms with Crippen LogP contribution in [0.3, 0.4) is 0 Å². The van der Waals surface area contributed by atoms with E-state index in [0.29, 0.717) is 5.57 Å². The molecule has 17 heavy (non-hydrogen) atoms. The molecule has 7 heteroatoms. The number of rotatable bonds is 2. The van der Waals surface area contributed by atoms with E-state index >= 15 is 0 Å². The normalized spacial score (nSPS) is 42.0. The fraction of sp³-hybridized carbons (Fsp3) is 0.700. The number of carbonyl (C=O) groups excluding carboxylic acids is 1. The Kier molecular flexibility index (Phi) is 6.73. The Morgan fingerprint density at radius 2 is 1.29 bits per heavy atom. The van der Waals surface area contributed by atoms with Gasteiger partial charge in [-0.15, -0.1) is 0 Å². The molecule has 4 atom stereocenters. The predicted octanol–water partition coefficient (Wildman–Crippen LogP) is 4.31. The molecule has 0 aromatic carbocycles. The van der Waals surface area contributed by atoms with E-state index in [4.69, 9.17) is 4.74 Å². The van der Waals surface area contributed by atoms with Crippen molar-refractivity contribution >= 4 is 85.6 Å². The van der Waals surface area contributed by atoms with Gasteiger partial charge in [0.1, 0.15) is 6.10 Å². The lowest BCUT2D eigenvalue weighted by Gasteiger charge is -2.41. The monoisotopic (exact) mass is 558 g/mol. The van der Waals surface area contributed by atoms with Crippen LogP contribution in [0.2, 0.25) is 0 Å². The van der Waals surface area contributed by atoms with Crippen molar-refractivity contribution in [3.63, 3.8) is 0 Å². The summed E-state index contributed by atoms with van der Waals surface area (Å²) >= 11 is 17.9. The molecule has 0 aromatic heterocycles. The quantitative estimate of drug-likeness (QED) is 0.285. The van der Waals surface area contributed by atoms with Gasteiger partial charge in [-0.3, -0.25) is 0 Å². The van der Waals surface area contributed by atoms with Crippen LogP contribution in [0.5, 0.6) is 0 Å². The van der Waals surface area contributed by atoms with E-state index in [1.165, 1.54) is 0 Å². The van der Waals surface area contributed by atoms with E-state index in [1.807, 2.05) is 0 Å². The van der Waals surface area contributed by atoms with Crippen LogP contribution in [0.1, 0.15) is 6.92 Å². The maximum Gasteiger partial charge on any atom is 0.333 e. The molecule has 0 amide bonds. The molecule has 1 fully saturated rings. The molecular weight excluding hydrogens is 552 g/mol. The average Bonchev–Trinajstić information content (AvgIpc) is 2.29. The summed E-state index contributed by atoms with van der Waals surface area (Å²) in [7, 11) is 0. The SMILES string of the molecule is C=C(C)C(=O)OC1C(Br)C(Br)C(Br)C(Br)C1Br. The highest BCUT2D eigenvalue weighted by Crippen LogP contribution is 2.42. The number of ether oxygens (including phenoxy) is 1. The number of halogens is 5. The highest BCUT2D eigenvalue weighted by molar-refractivity contribution is 9.15. The number of alkyl halides is 5.